The number of sulfonamides is 1. The number of aliphatic hydroxyl groups excluding tert-OH is 1. The Morgan fingerprint density at radius 1 is 1.33 bits per heavy atom. The van der Waals surface area contributed by atoms with E-state index in [9.17, 15) is 17.6 Å². The summed E-state index contributed by atoms with van der Waals surface area (Å²) in [6, 6.07) is 2.60. The zero-order valence-electron chi connectivity index (χ0n) is 11.2. The van der Waals surface area contributed by atoms with Gasteiger partial charge in [0.05, 0.1) is 10.5 Å². The van der Waals surface area contributed by atoms with E-state index in [2.05, 4.69) is 0 Å². The number of halogens is 1. The molecular formula is C13H16FNO5S. The third kappa shape index (κ3) is 3.22. The molecule has 116 valence electrons. The second kappa shape index (κ2) is 6.08. The van der Waals surface area contributed by atoms with Crippen molar-refractivity contribution in [1.82, 2.24) is 4.31 Å². The van der Waals surface area contributed by atoms with Gasteiger partial charge >= 0.3 is 5.97 Å². The standard InChI is InChI=1S/C13H16FNO5S/c14-10-1-2-11(13(17)18)12(7-10)21(19,20)15-5-3-9(8-16)4-6-15/h1-2,7,9,16H,3-6,8H2,(H,17,18). The SMILES string of the molecule is O=C(O)c1ccc(F)cc1S(=O)(=O)N1CCC(CO)CC1. The molecule has 1 aliphatic rings. The summed E-state index contributed by atoms with van der Waals surface area (Å²) in [7, 11) is -4.06. The highest BCUT2D eigenvalue weighted by atomic mass is 32.2. The number of carboxylic acids is 1. The Balaban J connectivity index is 2.36. The number of hydrogen-bond donors (Lipinski definition) is 2. The number of nitrogens with zero attached hydrogens (tertiary/aromatic N) is 1. The van der Waals surface area contributed by atoms with E-state index < -0.39 is 32.3 Å². The van der Waals surface area contributed by atoms with Gasteiger partial charge in [-0.25, -0.2) is 17.6 Å². The fourth-order valence-corrected chi connectivity index (χ4v) is 4.02. The Morgan fingerprint density at radius 3 is 2.48 bits per heavy atom. The first-order valence-electron chi connectivity index (χ1n) is 6.50. The van der Waals surface area contributed by atoms with Crippen LogP contribution in [0.4, 0.5) is 4.39 Å². The summed E-state index contributed by atoms with van der Waals surface area (Å²) in [5.41, 5.74) is -0.444. The minimum absolute atomic E-state index is 0.00573. The lowest BCUT2D eigenvalue weighted by atomic mass is 10.00. The molecule has 0 aliphatic carbocycles. The Kier molecular flexibility index (Phi) is 4.60. The van der Waals surface area contributed by atoms with Crippen LogP contribution in [0.2, 0.25) is 0 Å². The second-order valence-electron chi connectivity index (χ2n) is 4.98. The average Bonchev–Trinajstić information content (AvgIpc) is 2.47. The highest BCUT2D eigenvalue weighted by Gasteiger charge is 2.32. The number of rotatable bonds is 4. The van der Waals surface area contributed by atoms with Crippen LogP contribution in [0, 0.1) is 11.7 Å². The molecule has 1 heterocycles. The third-order valence-corrected chi connectivity index (χ3v) is 5.56. The maximum Gasteiger partial charge on any atom is 0.337 e. The lowest BCUT2D eigenvalue weighted by Gasteiger charge is -2.30. The smallest absolute Gasteiger partial charge is 0.337 e. The molecule has 0 spiro atoms. The Hall–Kier alpha value is -1.51. The minimum atomic E-state index is -4.06. The van der Waals surface area contributed by atoms with E-state index in [-0.39, 0.29) is 25.6 Å². The number of hydrogen-bond acceptors (Lipinski definition) is 4. The molecule has 2 rings (SSSR count). The zero-order chi connectivity index (χ0) is 15.6. The molecule has 0 atom stereocenters. The van der Waals surface area contributed by atoms with Gasteiger partial charge in [-0.1, -0.05) is 0 Å². The highest BCUT2D eigenvalue weighted by Crippen LogP contribution is 2.26. The number of carbonyl (C=O) groups is 1. The highest BCUT2D eigenvalue weighted by molar-refractivity contribution is 7.89. The fourth-order valence-electron chi connectivity index (χ4n) is 2.36. The predicted octanol–water partition coefficient (Wildman–Crippen LogP) is 0.917. The van der Waals surface area contributed by atoms with Crippen molar-refractivity contribution in [2.45, 2.75) is 17.7 Å². The van der Waals surface area contributed by atoms with Crippen LogP contribution in [0.25, 0.3) is 0 Å². The van der Waals surface area contributed by atoms with Gasteiger partial charge in [0.15, 0.2) is 0 Å². The molecule has 6 nitrogen and oxygen atoms in total. The molecule has 0 aromatic heterocycles. The van der Waals surface area contributed by atoms with Crippen molar-refractivity contribution in [2.24, 2.45) is 5.92 Å². The summed E-state index contributed by atoms with van der Waals surface area (Å²) in [5.74, 6) is -2.18. The molecule has 1 fully saturated rings. The molecule has 0 radical (unpaired) electrons. The summed E-state index contributed by atoms with van der Waals surface area (Å²) >= 11 is 0. The molecule has 1 aromatic carbocycles. The number of carboxylic acid groups (broad SMARTS) is 1. The van der Waals surface area contributed by atoms with Crippen LogP contribution < -0.4 is 0 Å². The molecule has 2 N–H and O–H groups in total. The summed E-state index contributed by atoms with van der Waals surface area (Å²) in [5, 5.41) is 18.1. The van der Waals surface area contributed by atoms with Gasteiger partial charge in [0.25, 0.3) is 0 Å². The van der Waals surface area contributed by atoms with Gasteiger partial charge < -0.3 is 10.2 Å². The van der Waals surface area contributed by atoms with Gasteiger partial charge in [-0.2, -0.15) is 4.31 Å². The lowest BCUT2D eigenvalue weighted by Crippen LogP contribution is -2.39. The molecule has 8 heteroatoms. The normalized spacial score (nSPS) is 17.8. The lowest BCUT2D eigenvalue weighted by molar-refractivity contribution is 0.0692. The Morgan fingerprint density at radius 2 is 1.95 bits per heavy atom. The van der Waals surface area contributed by atoms with Crippen LogP contribution in [0.3, 0.4) is 0 Å². The number of aromatic carboxylic acids is 1. The molecule has 0 bridgehead atoms. The van der Waals surface area contributed by atoms with Crippen molar-refractivity contribution < 1.29 is 27.8 Å². The molecule has 0 amide bonds. The van der Waals surface area contributed by atoms with Crippen LogP contribution in [0.5, 0.6) is 0 Å². The molecular weight excluding hydrogens is 301 g/mol. The van der Waals surface area contributed by atoms with E-state index in [4.69, 9.17) is 10.2 Å². The van der Waals surface area contributed by atoms with Gasteiger partial charge in [0.2, 0.25) is 10.0 Å². The van der Waals surface area contributed by atoms with Crippen LogP contribution in [0.15, 0.2) is 23.1 Å². The van der Waals surface area contributed by atoms with E-state index in [0.29, 0.717) is 12.8 Å². The summed E-state index contributed by atoms with van der Waals surface area (Å²) in [6.45, 7) is 0.362. The second-order valence-corrected chi connectivity index (χ2v) is 6.88. The van der Waals surface area contributed by atoms with Crippen molar-refractivity contribution in [3.05, 3.63) is 29.6 Å². The van der Waals surface area contributed by atoms with Gasteiger partial charge in [0.1, 0.15) is 5.82 Å². The van der Waals surface area contributed by atoms with E-state index >= 15 is 0 Å². The van der Waals surface area contributed by atoms with Crippen LogP contribution in [-0.4, -0.2) is 48.6 Å². The van der Waals surface area contributed by atoms with Gasteiger partial charge in [0, 0.05) is 19.7 Å². The maximum absolute atomic E-state index is 13.3. The molecule has 1 aliphatic heterocycles. The monoisotopic (exact) mass is 317 g/mol. The predicted molar refractivity (Wildman–Crippen MR) is 71.9 cm³/mol. The quantitative estimate of drug-likeness (QED) is 0.861. The molecule has 1 saturated heterocycles. The van der Waals surface area contributed by atoms with E-state index in [1.807, 2.05) is 0 Å². The van der Waals surface area contributed by atoms with Crippen molar-refractivity contribution in [1.29, 1.82) is 0 Å². The molecule has 21 heavy (non-hydrogen) atoms. The first kappa shape index (κ1) is 15.9. The van der Waals surface area contributed by atoms with Gasteiger partial charge in [-0.05, 0) is 37.0 Å². The number of benzene rings is 1. The summed E-state index contributed by atoms with van der Waals surface area (Å²) in [4.78, 5) is 10.6. The first-order valence-corrected chi connectivity index (χ1v) is 7.94. The largest absolute Gasteiger partial charge is 0.478 e. The van der Waals surface area contributed by atoms with Gasteiger partial charge in [-0.15, -0.1) is 0 Å². The number of aliphatic hydroxyl groups is 1. The van der Waals surface area contributed by atoms with Crippen LogP contribution in [0.1, 0.15) is 23.2 Å². The first-order chi connectivity index (χ1) is 9.86. The topological polar surface area (TPSA) is 94.9 Å². The maximum atomic E-state index is 13.3. The van der Waals surface area contributed by atoms with E-state index in [1.165, 1.54) is 0 Å². The fraction of sp³-hybridized carbons (Fsp3) is 0.462. The summed E-state index contributed by atoms with van der Waals surface area (Å²) in [6.07, 6.45) is 0.987. The summed E-state index contributed by atoms with van der Waals surface area (Å²) < 4.78 is 39.4. The molecule has 0 unspecified atom stereocenters. The van der Waals surface area contributed by atoms with Crippen molar-refractivity contribution >= 4 is 16.0 Å². The Bertz CT molecular complexity index is 638. The van der Waals surface area contributed by atoms with E-state index in [0.717, 1.165) is 22.5 Å². The molecule has 0 saturated carbocycles. The minimum Gasteiger partial charge on any atom is -0.478 e. The van der Waals surface area contributed by atoms with Crippen LogP contribution >= 0.6 is 0 Å². The average molecular weight is 317 g/mol. The van der Waals surface area contributed by atoms with Gasteiger partial charge in [-0.3, -0.25) is 0 Å². The van der Waals surface area contributed by atoms with Crippen molar-refractivity contribution in [3.8, 4) is 0 Å². The van der Waals surface area contributed by atoms with E-state index in [1.54, 1.807) is 0 Å². The number of piperidine rings is 1. The zero-order valence-corrected chi connectivity index (χ0v) is 12.0. The van der Waals surface area contributed by atoms with Crippen molar-refractivity contribution in [3.63, 3.8) is 0 Å². The third-order valence-electron chi connectivity index (χ3n) is 3.62. The van der Waals surface area contributed by atoms with Crippen LogP contribution in [-0.2, 0) is 10.0 Å². The molecule has 1 aromatic rings. The Labute approximate surface area is 121 Å². The van der Waals surface area contributed by atoms with Crippen molar-refractivity contribution in [2.75, 3.05) is 19.7 Å².